The van der Waals surface area contributed by atoms with Crippen LogP contribution in [-0.4, -0.2) is 21.8 Å². The van der Waals surface area contributed by atoms with Crippen LogP contribution in [0.25, 0.3) is 22.2 Å². The van der Waals surface area contributed by atoms with Crippen LogP contribution in [0.2, 0.25) is 0 Å². The summed E-state index contributed by atoms with van der Waals surface area (Å²) in [6.07, 6.45) is 3.88. The van der Waals surface area contributed by atoms with E-state index in [0.29, 0.717) is 24.4 Å². The molecule has 0 atom stereocenters. The van der Waals surface area contributed by atoms with Crippen LogP contribution in [0.15, 0.2) is 79.1 Å². The van der Waals surface area contributed by atoms with Crippen LogP contribution >= 0.6 is 0 Å². The third kappa shape index (κ3) is 5.60. The van der Waals surface area contributed by atoms with Crippen molar-refractivity contribution in [1.82, 2.24) is 15.3 Å². The van der Waals surface area contributed by atoms with E-state index in [4.69, 9.17) is 4.98 Å². The number of carbonyl (C=O) groups excluding carboxylic acids is 2. The van der Waals surface area contributed by atoms with E-state index in [-0.39, 0.29) is 11.8 Å². The lowest BCUT2D eigenvalue weighted by atomic mass is 10.0. The normalized spacial score (nSPS) is 10.9. The predicted octanol–water partition coefficient (Wildman–Crippen LogP) is 5.21. The van der Waals surface area contributed by atoms with Gasteiger partial charge in [0.15, 0.2) is 0 Å². The van der Waals surface area contributed by atoms with Gasteiger partial charge in [-0.3, -0.25) is 14.6 Å². The van der Waals surface area contributed by atoms with Crippen molar-refractivity contribution in [3.05, 3.63) is 90.3 Å². The van der Waals surface area contributed by atoms with Gasteiger partial charge < -0.3 is 10.6 Å². The maximum atomic E-state index is 13.2. The first-order valence-corrected chi connectivity index (χ1v) is 11.0. The lowest BCUT2D eigenvalue weighted by Crippen LogP contribution is -2.23. The summed E-state index contributed by atoms with van der Waals surface area (Å²) in [5, 5.41) is 6.72. The fraction of sp³-hybridized carbons (Fsp3) is 0.185. The van der Waals surface area contributed by atoms with Gasteiger partial charge in [0.1, 0.15) is 0 Å². The van der Waals surface area contributed by atoms with Gasteiger partial charge in [0.25, 0.3) is 5.91 Å². The molecule has 4 rings (SSSR count). The van der Waals surface area contributed by atoms with E-state index in [2.05, 4.69) is 15.6 Å². The van der Waals surface area contributed by atoms with Gasteiger partial charge in [-0.25, -0.2) is 4.98 Å². The van der Waals surface area contributed by atoms with E-state index in [1.54, 1.807) is 12.4 Å². The maximum Gasteiger partial charge on any atom is 0.252 e. The van der Waals surface area contributed by atoms with Crippen LogP contribution in [0.5, 0.6) is 0 Å². The zero-order chi connectivity index (χ0) is 23.2. The molecule has 2 aromatic carbocycles. The number of para-hydroxylation sites is 1. The van der Waals surface area contributed by atoms with Crippen molar-refractivity contribution in [1.29, 1.82) is 0 Å². The molecule has 0 aliphatic rings. The highest BCUT2D eigenvalue weighted by atomic mass is 16.2. The summed E-state index contributed by atoms with van der Waals surface area (Å²) in [4.78, 5) is 34.0. The zero-order valence-electron chi connectivity index (χ0n) is 18.7. The molecule has 0 bridgehead atoms. The summed E-state index contributed by atoms with van der Waals surface area (Å²) in [7, 11) is 0. The SMILES string of the molecule is CC(C)CC(=O)Nc1cccc(CNC(=O)c2cc(-c3ccncc3)nc3ccccc23)c1. The molecule has 0 aliphatic carbocycles. The van der Waals surface area contributed by atoms with Crippen molar-refractivity contribution in [2.75, 3.05) is 5.32 Å². The quantitative estimate of drug-likeness (QED) is 0.415. The van der Waals surface area contributed by atoms with Gasteiger partial charge in [-0.1, -0.05) is 44.2 Å². The Morgan fingerprint density at radius 2 is 1.73 bits per heavy atom. The van der Waals surface area contributed by atoms with Crippen LogP contribution in [-0.2, 0) is 11.3 Å². The molecule has 4 aromatic rings. The molecular formula is C27H26N4O2. The minimum atomic E-state index is -0.182. The number of benzene rings is 2. The molecular weight excluding hydrogens is 412 g/mol. The molecule has 0 saturated heterocycles. The number of anilines is 1. The monoisotopic (exact) mass is 438 g/mol. The van der Waals surface area contributed by atoms with Crippen LogP contribution in [0, 0.1) is 5.92 Å². The molecule has 33 heavy (non-hydrogen) atoms. The Kier molecular flexibility index (Phi) is 6.74. The molecule has 0 radical (unpaired) electrons. The smallest absolute Gasteiger partial charge is 0.252 e. The standard InChI is InChI=1S/C27H26N4O2/c1-18(2)14-26(32)30-21-7-5-6-19(15-21)17-29-27(33)23-16-25(20-10-12-28-13-11-20)31-24-9-4-3-8-22(23)24/h3-13,15-16,18H,14,17H2,1-2H3,(H,29,33)(H,30,32). The van der Waals surface area contributed by atoms with Crippen molar-refractivity contribution in [3.63, 3.8) is 0 Å². The van der Waals surface area contributed by atoms with E-state index in [1.165, 1.54) is 0 Å². The first-order chi connectivity index (χ1) is 16.0. The molecule has 2 amide bonds. The number of amides is 2. The minimum Gasteiger partial charge on any atom is -0.348 e. The van der Waals surface area contributed by atoms with E-state index >= 15 is 0 Å². The molecule has 6 heteroatoms. The van der Waals surface area contributed by atoms with Gasteiger partial charge in [-0.15, -0.1) is 0 Å². The minimum absolute atomic E-state index is 0.0157. The number of hydrogen-bond donors (Lipinski definition) is 2. The number of pyridine rings is 2. The van der Waals surface area contributed by atoms with Gasteiger partial charge in [0, 0.05) is 42.0 Å². The van der Waals surface area contributed by atoms with Crippen LogP contribution < -0.4 is 10.6 Å². The number of carbonyl (C=O) groups is 2. The average molecular weight is 439 g/mol. The van der Waals surface area contributed by atoms with Gasteiger partial charge in [-0.05, 0) is 47.9 Å². The Labute approximate surface area is 193 Å². The summed E-state index contributed by atoms with van der Waals surface area (Å²) in [6.45, 7) is 4.36. The molecule has 0 fully saturated rings. The molecule has 0 aliphatic heterocycles. The highest BCUT2D eigenvalue weighted by Crippen LogP contribution is 2.24. The largest absolute Gasteiger partial charge is 0.348 e. The highest BCUT2D eigenvalue weighted by Gasteiger charge is 2.14. The third-order valence-electron chi connectivity index (χ3n) is 5.19. The van der Waals surface area contributed by atoms with Crippen molar-refractivity contribution in [2.24, 2.45) is 5.92 Å². The van der Waals surface area contributed by atoms with Gasteiger partial charge >= 0.3 is 0 Å². The molecule has 166 valence electrons. The van der Waals surface area contributed by atoms with Gasteiger partial charge in [0.05, 0.1) is 16.8 Å². The van der Waals surface area contributed by atoms with E-state index < -0.39 is 0 Å². The topological polar surface area (TPSA) is 84.0 Å². The summed E-state index contributed by atoms with van der Waals surface area (Å²) >= 11 is 0. The fourth-order valence-electron chi connectivity index (χ4n) is 3.65. The summed E-state index contributed by atoms with van der Waals surface area (Å²) in [5.74, 6) is 0.0935. The Hall–Kier alpha value is -4.06. The van der Waals surface area contributed by atoms with Crippen molar-refractivity contribution >= 4 is 28.4 Å². The van der Waals surface area contributed by atoms with Gasteiger partial charge in [0.2, 0.25) is 5.91 Å². The Morgan fingerprint density at radius 1 is 0.939 bits per heavy atom. The summed E-state index contributed by atoms with van der Waals surface area (Å²) in [6, 6.07) is 20.7. The predicted molar refractivity (Wildman–Crippen MR) is 131 cm³/mol. The Balaban J connectivity index is 1.54. The molecule has 0 unspecified atom stereocenters. The number of fused-ring (bicyclic) bond motifs is 1. The molecule has 2 aromatic heterocycles. The summed E-state index contributed by atoms with van der Waals surface area (Å²) in [5.41, 5.74) is 4.56. The van der Waals surface area contributed by atoms with Crippen molar-refractivity contribution in [3.8, 4) is 11.3 Å². The van der Waals surface area contributed by atoms with Crippen LogP contribution in [0.1, 0.15) is 36.2 Å². The van der Waals surface area contributed by atoms with Crippen molar-refractivity contribution < 1.29 is 9.59 Å². The van der Waals surface area contributed by atoms with E-state index in [0.717, 1.165) is 33.4 Å². The molecule has 0 saturated carbocycles. The number of nitrogens with zero attached hydrogens (tertiary/aromatic N) is 2. The fourth-order valence-corrected chi connectivity index (χ4v) is 3.65. The number of nitrogens with one attached hydrogen (secondary N) is 2. The number of aromatic nitrogens is 2. The summed E-state index contributed by atoms with van der Waals surface area (Å²) < 4.78 is 0. The lowest BCUT2D eigenvalue weighted by Gasteiger charge is -2.12. The average Bonchev–Trinajstić information content (AvgIpc) is 2.82. The Bertz CT molecular complexity index is 1290. The van der Waals surface area contributed by atoms with E-state index in [9.17, 15) is 9.59 Å². The second kappa shape index (κ2) is 10.0. The number of hydrogen-bond acceptors (Lipinski definition) is 4. The van der Waals surface area contributed by atoms with Crippen LogP contribution in [0.3, 0.4) is 0 Å². The van der Waals surface area contributed by atoms with Gasteiger partial charge in [-0.2, -0.15) is 0 Å². The Morgan fingerprint density at radius 3 is 2.52 bits per heavy atom. The van der Waals surface area contributed by atoms with E-state index in [1.807, 2.05) is 80.6 Å². The third-order valence-corrected chi connectivity index (χ3v) is 5.19. The van der Waals surface area contributed by atoms with Crippen LogP contribution in [0.4, 0.5) is 5.69 Å². The zero-order valence-corrected chi connectivity index (χ0v) is 18.7. The molecule has 0 spiro atoms. The lowest BCUT2D eigenvalue weighted by molar-refractivity contribution is -0.116. The van der Waals surface area contributed by atoms with Crippen molar-refractivity contribution in [2.45, 2.75) is 26.8 Å². The molecule has 2 N–H and O–H groups in total. The molecule has 2 heterocycles. The first kappa shape index (κ1) is 22.1. The second-order valence-electron chi connectivity index (χ2n) is 8.34. The molecule has 6 nitrogen and oxygen atoms in total. The first-order valence-electron chi connectivity index (χ1n) is 11.0. The second-order valence-corrected chi connectivity index (χ2v) is 8.34. The number of rotatable bonds is 7. The maximum absolute atomic E-state index is 13.2. The highest BCUT2D eigenvalue weighted by molar-refractivity contribution is 6.07.